The van der Waals surface area contributed by atoms with E-state index in [4.69, 9.17) is 0 Å². The monoisotopic (exact) mass is 238 g/mol. The zero-order chi connectivity index (χ0) is 9.26. The number of rotatable bonds is 1. The average Bonchev–Trinajstić information content (AvgIpc) is 2.53. The summed E-state index contributed by atoms with van der Waals surface area (Å²) in [4.78, 5) is 8.28. The highest BCUT2D eigenvalue weighted by Gasteiger charge is 2.01. The Morgan fingerprint density at radius 1 is 1.23 bits per heavy atom. The topological polar surface area (TPSA) is 43.6 Å². The Bertz CT molecular complexity index is 406. The van der Waals surface area contributed by atoms with Crippen molar-refractivity contribution in [2.45, 2.75) is 0 Å². The van der Waals surface area contributed by atoms with E-state index in [0.717, 1.165) is 15.9 Å². The van der Waals surface area contributed by atoms with Crippen molar-refractivity contribution in [3.05, 3.63) is 29.4 Å². The van der Waals surface area contributed by atoms with Gasteiger partial charge in [0.1, 0.15) is 4.60 Å². The maximum atomic E-state index is 4.20. The zero-order valence-electron chi connectivity index (χ0n) is 6.98. The molecule has 2 heterocycles. The predicted octanol–water partition coefficient (Wildman–Crippen LogP) is 1.64. The van der Waals surface area contributed by atoms with Gasteiger partial charge in [0.25, 0.3) is 0 Å². The SMILES string of the molecule is Cn1cc(-c2cnc(Br)cn2)cn1. The summed E-state index contributed by atoms with van der Waals surface area (Å²) < 4.78 is 2.47. The lowest BCUT2D eigenvalue weighted by Crippen LogP contribution is -1.85. The summed E-state index contributed by atoms with van der Waals surface area (Å²) in [6, 6.07) is 0. The molecule has 0 radical (unpaired) electrons. The molecule has 0 aliphatic carbocycles. The molecule has 0 unspecified atom stereocenters. The summed E-state index contributed by atoms with van der Waals surface area (Å²) in [5, 5.41) is 4.05. The maximum absolute atomic E-state index is 4.20. The first-order chi connectivity index (χ1) is 6.25. The minimum atomic E-state index is 0.736. The largest absolute Gasteiger partial charge is 0.275 e. The third kappa shape index (κ3) is 1.75. The third-order valence-corrected chi connectivity index (χ3v) is 2.03. The first-order valence-electron chi connectivity index (χ1n) is 3.72. The number of aromatic nitrogens is 4. The number of halogens is 1. The smallest absolute Gasteiger partial charge is 0.124 e. The van der Waals surface area contributed by atoms with Crippen LogP contribution in [0, 0.1) is 0 Å². The molecule has 2 aromatic heterocycles. The fraction of sp³-hybridized carbons (Fsp3) is 0.125. The molecule has 0 N–H and O–H groups in total. The first-order valence-corrected chi connectivity index (χ1v) is 4.51. The third-order valence-electron chi connectivity index (χ3n) is 1.62. The van der Waals surface area contributed by atoms with Gasteiger partial charge >= 0.3 is 0 Å². The molecule has 2 rings (SSSR count). The van der Waals surface area contributed by atoms with Gasteiger partial charge in [0.15, 0.2) is 0 Å². The summed E-state index contributed by atoms with van der Waals surface area (Å²) >= 11 is 3.23. The van der Waals surface area contributed by atoms with E-state index in [1.807, 2.05) is 13.2 Å². The fourth-order valence-electron chi connectivity index (χ4n) is 1.01. The van der Waals surface area contributed by atoms with Gasteiger partial charge in [0.2, 0.25) is 0 Å². The molecule has 4 nitrogen and oxygen atoms in total. The molecule has 0 amide bonds. The molecule has 13 heavy (non-hydrogen) atoms. The van der Waals surface area contributed by atoms with Crippen LogP contribution >= 0.6 is 15.9 Å². The lowest BCUT2D eigenvalue weighted by atomic mass is 10.3. The van der Waals surface area contributed by atoms with Crippen LogP contribution in [0.25, 0.3) is 11.3 Å². The summed E-state index contributed by atoms with van der Waals surface area (Å²) in [6.07, 6.45) is 7.04. The Kier molecular flexibility index (Phi) is 2.10. The molecule has 5 heteroatoms. The van der Waals surface area contributed by atoms with Gasteiger partial charge in [-0.3, -0.25) is 9.67 Å². The van der Waals surface area contributed by atoms with Gasteiger partial charge in [-0.25, -0.2) is 4.98 Å². The van der Waals surface area contributed by atoms with Crippen LogP contribution in [-0.2, 0) is 7.05 Å². The van der Waals surface area contributed by atoms with Gasteiger partial charge < -0.3 is 0 Å². The molecule has 0 aliphatic rings. The molecular formula is C8H7BrN4. The minimum Gasteiger partial charge on any atom is -0.275 e. The van der Waals surface area contributed by atoms with Gasteiger partial charge in [0.05, 0.1) is 24.3 Å². The van der Waals surface area contributed by atoms with Crippen molar-refractivity contribution in [3.8, 4) is 11.3 Å². The zero-order valence-corrected chi connectivity index (χ0v) is 8.56. The van der Waals surface area contributed by atoms with E-state index >= 15 is 0 Å². The van der Waals surface area contributed by atoms with Gasteiger partial charge in [-0.2, -0.15) is 5.10 Å². The summed E-state index contributed by atoms with van der Waals surface area (Å²) in [5.74, 6) is 0. The molecular weight excluding hydrogens is 232 g/mol. The minimum absolute atomic E-state index is 0.736. The molecule has 0 fully saturated rings. The van der Waals surface area contributed by atoms with Crippen LogP contribution in [0.5, 0.6) is 0 Å². The van der Waals surface area contributed by atoms with E-state index < -0.39 is 0 Å². The van der Waals surface area contributed by atoms with Crippen molar-refractivity contribution in [1.29, 1.82) is 0 Å². The van der Waals surface area contributed by atoms with Crippen molar-refractivity contribution >= 4 is 15.9 Å². The fourth-order valence-corrected chi connectivity index (χ4v) is 1.22. The molecule has 0 saturated heterocycles. The molecule has 0 atom stereocenters. The lowest BCUT2D eigenvalue weighted by molar-refractivity contribution is 0.768. The van der Waals surface area contributed by atoms with E-state index in [1.165, 1.54) is 0 Å². The molecule has 0 aliphatic heterocycles. The number of hydrogen-bond donors (Lipinski definition) is 0. The van der Waals surface area contributed by atoms with Crippen LogP contribution in [0.4, 0.5) is 0 Å². The van der Waals surface area contributed by atoms with Gasteiger partial charge in [-0.05, 0) is 15.9 Å². The molecule has 66 valence electrons. The van der Waals surface area contributed by atoms with Gasteiger partial charge in [0, 0.05) is 18.8 Å². The van der Waals surface area contributed by atoms with E-state index in [0.29, 0.717) is 0 Å². The van der Waals surface area contributed by atoms with Crippen molar-refractivity contribution in [2.24, 2.45) is 7.05 Å². The van der Waals surface area contributed by atoms with E-state index in [1.54, 1.807) is 23.3 Å². The Balaban J connectivity index is 2.41. The number of hydrogen-bond acceptors (Lipinski definition) is 3. The Labute approximate surface area is 83.8 Å². The lowest BCUT2D eigenvalue weighted by Gasteiger charge is -1.94. The van der Waals surface area contributed by atoms with Crippen LogP contribution in [0.15, 0.2) is 29.4 Å². The molecule has 0 aromatic carbocycles. The average molecular weight is 239 g/mol. The standard InChI is InChI=1S/C8H7BrN4/c1-13-5-6(2-12-13)7-3-11-8(9)4-10-7/h2-5H,1H3. The van der Waals surface area contributed by atoms with Crippen molar-refractivity contribution in [1.82, 2.24) is 19.7 Å². The van der Waals surface area contributed by atoms with Crippen LogP contribution < -0.4 is 0 Å². The van der Waals surface area contributed by atoms with Crippen molar-refractivity contribution in [3.63, 3.8) is 0 Å². The Hall–Kier alpha value is -1.23. The highest BCUT2D eigenvalue weighted by Crippen LogP contribution is 2.15. The summed E-state index contributed by atoms with van der Waals surface area (Å²) in [5.41, 5.74) is 1.80. The maximum Gasteiger partial charge on any atom is 0.124 e. The predicted molar refractivity (Wildman–Crippen MR) is 51.9 cm³/mol. The molecule has 2 aromatic rings. The first kappa shape index (κ1) is 8.37. The van der Waals surface area contributed by atoms with E-state index in [2.05, 4.69) is 31.0 Å². The summed E-state index contributed by atoms with van der Waals surface area (Å²) in [7, 11) is 1.87. The number of aryl methyl sites for hydroxylation is 1. The quantitative estimate of drug-likeness (QED) is 0.759. The second-order valence-corrected chi connectivity index (χ2v) is 3.44. The van der Waals surface area contributed by atoms with E-state index in [9.17, 15) is 0 Å². The van der Waals surface area contributed by atoms with E-state index in [-0.39, 0.29) is 0 Å². The Morgan fingerprint density at radius 2 is 2.08 bits per heavy atom. The summed E-state index contributed by atoms with van der Waals surface area (Å²) in [6.45, 7) is 0. The van der Waals surface area contributed by atoms with Gasteiger partial charge in [-0.1, -0.05) is 0 Å². The second kappa shape index (κ2) is 3.26. The molecule has 0 spiro atoms. The van der Waals surface area contributed by atoms with Crippen LogP contribution in [0.1, 0.15) is 0 Å². The normalized spacial score (nSPS) is 10.3. The highest BCUT2D eigenvalue weighted by atomic mass is 79.9. The van der Waals surface area contributed by atoms with Crippen molar-refractivity contribution < 1.29 is 0 Å². The number of nitrogens with zero attached hydrogens (tertiary/aromatic N) is 4. The van der Waals surface area contributed by atoms with Crippen molar-refractivity contribution in [2.75, 3.05) is 0 Å². The van der Waals surface area contributed by atoms with Crippen LogP contribution in [0.3, 0.4) is 0 Å². The van der Waals surface area contributed by atoms with Crippen LogP contribution in [0.2, 0.25) is 0 Å². The Morgan fingerprint density at radius 3 is 2.62 bits per heavy atom. The van der Waals surface area contributed by atoms with Gasteiger partial charge in [-0.15, -0.1) is 0 Å². The molecule has 0 bridgehead atoms. The van der Waals surface area contributed by atoms with Crippen LogP contribution in [-0.4, -0.2) is 19.7 Å². The molecule has 0 saturated carbocycles. The highest BCUT2D eigenvalue weighted by molar-refractivity contribution is 9.10. The second-order valence-electron chi connectivity index (χ2n) is 2.63.